The zero-order valence-electron chi connectivity index (χ0n) is 10.5. The molecule has 2 N–H and O–H groups in total. The first kappa shape index (κ1) is 14.0. The zero-order chi connectivity index (χ0) is 12.8. The number of halogens is 2. The lowest BCUT2D eigenvalue weighted by Gasteiger charge is -2.23. The molecular weight excluding hydrogens is 267 g/mol. The SMILES string of the molecule is Clc1cccc(NCCNC2CCCCC2)c1Cl. The van der Waals surface area contributed by atoms with Gasteiger partial charge in [0.05, 0.1) is 15.7 Å². The Bertz CT molecular complexity index is 376. The molecule has 1 aliphatic carbocycles. The fraction of sp³-hybridized carbons (Fsp3) is 0.571. The average molecular weight is 287 g/mol. The highest BCUT2D eigenvalue weighted by molar-refractivity contribution is 6.43. The molecule has 0 atom stereocenters. The molecule has 2 nitrogen and oxygen atoms in total. The molecular formula is C14H20Cl2N2. The van der Waals surface area contributed by atoms with Gasteiger partial charge in [0, 0.05) is 19.1 Å². The van der Waals surface area contributed by atoms with Crippen LogP contribution in [0.15, 0.2) is 18.2 Å². The molecule has 18 heavy (non-hydrogen) atoms. The summed E-state index contributed by atoms with van der Waals surface area (Å²) in [7, 11) is 0. The Kier molecular flexibility index (Phi) is 5.61. The Balaban J connectivity index is 1.70. The van der Waals surface area contributed by atoms with Crippen LogP contribution in [-0.2, 0) is 0 Å². The molecule has 0 aliphatic heterocycles. The average Bonchev–Trinajstić information content (AvgIpc) is 2.40. The van der Waals surface area contributed by atoms with Crippen LogP contribution in [-0.4, -0.2) is 19.1 Å². The standard InChI is InChI=1S/C14H20Cl2N2/c15-12-7-4-8-13(14(12)16)18-10-9-17-11-5-2-1-3-6-11/h4,7-8,11,17-18H,1-3,5-6,9-10H2. The van der Waals surface area contributed by atoms with E-state index >= 15 is 0 Å². The number of nitrogens with one attached hydrogen (secondary N) is 2. The van der Waals surface area contributed by atoms with Gasteiger partial charge in [-0.1, -0.05) is 48.5 Å². The van der Waals surface area contributed by atoms with Gasteiger partial charge in [-0.25, -0.2) is 0 Å². The molecule has 0 bridgehead atoms. The molecule has 100 valence electrons. The number of rotatable bonds is 5. The van der Waals surface area contributed by atoms with Gasteiger partial charge in [0.2, 0.25) is 0 Å². The Morgan fingerprint density at radius 1 is 1.06 bits per heavy atom. The van der Waals surface area contributed by atoms with Crippen molar-refractivity contribution in [3.05, 3.63) is 28.2 Å². The zero-order valence-corrected chi connectivity index (χ0v) is 12.0. The van der Waals surface area contributed by atoms with Crippen molar-refractivity contribution in [3.8, 4) is 0 Å². The second kappa shape index (κ2) is 7.22. The second-order valence-electron chi connectivity index (χ2n) is 4.82. The highest BCUT2D eigenvalue weighted by Gasteiger charge is 2.11. The Labute approximate surface area is 119 Å². The first-order valence-electron chi connectivity index (χ1n) is 6.68. The smallest absolute Gasteiger partial charge is 0.0823 e. The number of hydrogen-bond acceptors (Lipinski definition) is 2. The fourth-order valence-corrected chi connectivity index (χ4v) is 2.79. The monoisotopic (exact) mass is 286 g/mol. The maximum absolute atomic E-state index is 6.11. The van der Waals surface area contributed by atoms with Gasteiger partial charge < -0.3 is 10.6 Å². The van der Waals surface area contributed by atoms with E-state index in [2.05, 4.69) is 10.6 Å². The molecule has 0 unspecified atom stereocenters. The lowest BCUT2D eigenvalue weighted by molar-refractivity contribution is 0.378. The van der Waals surface area contributed by atoms with Gasteiger partial charge in [-0.15, -0.1) is 0 Å². The van der Waals surface area contributed by atoms with E-state index in [0.29, 0.717) is 16.1 Å². The van der Waals surface area contributed by atoms with Crippen LogP contribution in [0.25, 0.3) is 0 Å². The number of hydrogen-bond donors (Lipinski definition) is 2. The maximum Gasteiger partial charge on any atom is 0.0823 e. The number of benzene rings is 1. The van der Waals surface area contributed by atoms with Crippen LogP contribution < -0.4 is 10.6 Å². The third kappa shape index (κ3) is 4.04. The molecule has 0 radical (unpaired) electrons. The minimum absolute atomic E-state index is 0.599. The highest BCUT2D eigenvalue weighted by atomic mass is 35.5. The summed E-state index contributed by atoms with van der Waals surface area (Å²) < 4.78 is 0. The van der Waals surface area contributed by atoms with E-state index in [0.717, 1.165) is 18.8 Å². The van der Waals surface area contributed by atoms with Crippen molar-refractivity contribution in [2.75, 3.05) is 18.4 Å². The van der Waals surface area contributed by atoms with Gasteiger partial charge >= 0.3 is 0 Å². The van der Waals surface area contributed by atoms with Crippen molar-refractivity contribution in [1.29, 1.82) is 0 Å². The van der Waals surface area contributed by atoms with Crippen LogP contribution in [0, 0.1) is 0 Å². The molecule has 0 amide bonds. The first-order chi connectivity index (χ1) is 8.77. The summed E-state index contributed by atoms with van der Waals surface area (Å²) in [4.78, 5) is 0. The van der Waals surface area contributed by atoms with Crippen molar-refractivity contribution >= 4 is 28.9 Å². The molecule has 0 aromatic heterocycles. The van der Waals surface area contributed by atoms with E-state index in [9.17, 15) is 0 Å². The second-order valence-corrected chi connectivity index (χ2v) is 5.60. The minimum atomic E-state index is 0.599. The summed E-state index contributed by atoms with van der Waals surface area (Å²) in [6.07, 6.45) is 6.76. The van der Waals surface area contributed by atoms with E-state index in [-0.39, 0.29) is 0 Å². The van der Waals surface area contributed by atoms with Gasteiger partial charge in [-0.3, -0.25) is 0 Å². The molecule has 1 aromatic rings. The van der Waals surface area contributed by atoms with Gasteiger partial charge in [-0.05, 0) is 25.0 Å². The molecule has 0 saturated heterocycles. The Morgan fingerprint density at radius 2 is 1.83 bits per heavy atom. The summed E-state index contributed by atoms with van der Waals surface area (Å²) in [5.41, 5.74) is 0.912. The Morgan fingerprint density at radius 3 is 2.61 bits per heavy atom. The molecule has 1 aromatic carbocycles. The number of anilines is 1. The van der Waals surface area contributed by atoms with Crippen molar-refractivity contribution in [2.45, 2.75) is 38.1 Å². The summed E-state index contributed by atoms with van der Waals surface area (Å²) in [6.45, 7) is 1.84. The predicted molar refractivity (Wildman–Crippen MR) is 79.8 cm³/mol. The van der Waals surface area contributed by atoms with Crippen LogP contribution in [0.2, 0.25) is 10.0 Å². The largest absolute Gasteiger partial charge is 0.383 e. The van der Waals surface area contributed by atoms with Gasteiger partial charge in [0.15, 0.2) is 0 Å². The molecule has 0 heterocycles. The molecule has 1 saturated carbocycles. The van der Waals surface area contributed by atoms with Crippen LogP contribution in [0.4, 0.5) is 5.69 Å². The summed E-state index contributed by atoms with van der Waals surface area (Å²) in [6, 6.07) is 6.37. The summed E-state index contributed by atoms with van der Waals surface area (Å²) in [5, 5.41) is 8.11. The molecule has 0 spiro atoms. The summed E-state index contributed by atoms with van der Waals surface area (Å²) >= 11 is 12.1. The maximum atomic E-state index is 6.11. The molecule has 1 aliphatic rings. The quantitative estimate of drug-likeness (QED) is 0.788. The van der Waals surface area contributed by atoms with Crippen molar-refractivity contribution in [3.63, 3.8) is 0 Å². The normalized spacial score (nSPS) is 16.8. The van der Waals surface area contributed by atoms with E-state index in [1.54, 1.807) is 6.07 Å². The Hall–Kier alpha value is -0.440. The summed E-state index contributed by atoms with van der Waals surface area (Å²) in [5.74, 6) is 0. The molecule has 1 fully saturated rings. The van der Waals surface area contributed by atoms with E-state index in [1.165, 1.54) is 32.1 Å². The van der Waals surface area contributed by atoms with Crippen LogP contribution >= 0.6 is 23.2 Å². The first-order valence-corrected chi connectivity index (χ1v) is 7.44. The van der Waals surface area contributed by atoms with E-state index < -0.39 is 0 Å². The third-order valence-electron chi connectivity index (χ3n) is 3.43. The van der Waals surface area contributed by atoms with Crippen LogP contribution in [0.3, 0.4) is 0 Å². The van der Waals surface area contributed by atoms with E-state index in [4.69, 9.17) is 23.2 Å². The van der Waals surface area contributed by atoms with Crippen molar-refractivity contribution in [1.82, 2.24) is 5.32 Å². The molecule has 2 rings (SSSR count). The van der Waals surface area contributed by atoms with Gasteiger partial charge in [0.25, 0.3) is 0 Å². The van der Waals surface area contributed by atoms with Crippen molar-refractivity contribution < 1.29 is 0 Å². The van der Waals surface area contributed by atoms with Crippen LogP contribution in [0.5, 0.6) is 0 Å². The predicted octanol–water partition coefficient (Wildman–Crippen LogP) is 4.33. The highest BCUT2D eigenvalue weighted by Crippen LogP contribution is 2.29. The van der Waals surface area contributed by atoms with Crippen LogP contribution in [0.1, 0.15) is 32.1 Å². The third-order valence-corrected chi connectivity index (χ3v) is 4.25. The lowest BCUT2D eigenvalue weighted by Crippen LogP contribution is -2.34. The minimum Gasteiger partial charge on any atom is -0.383 e. The lowest BCUT2D eigenvalue weighted by atomic mass is 9.95. The molecule has 4 heteroatoms. The fourth-order valence-electron chi connectivity index (χ4n) is 2.42. The van der Waals surface area contributed by atoms with Gasteiger partial charge in [-0.2, -0.15) is 0 Å². The topological polar surface area (TPSA) is 24.1 Å². The van der Waals surface area contributed by atoms with E-state index in [1.807, 2.05) is 12.1 Å². The van der Waals surface area contributed by atoms with Crippen molar-refractivity contribution in [2.24, 2.45) is 0 Å². The van der Waals surface area contributed by atoms with Gasteiger partial charge in [0.1, 0.15) is 0 Å².